The first-order chi connectivity index (χ1) is 14.8. The Kier molecular flexibility index (Phi) is 5.48. The third kappa shape index (κ3) is 3.83. The first kappa shape index (κ1) is 19.2. The van der Waals surface area contributed by atoms with Gasteiger partial charge in [-0.15, -0.1) is 32.9 Å². The number of amides is 1. The first-order valence-corrected chi connectivity index (χ1v) is 12.1. The second-order valence-electron chi connectivity index (χ2n) is 6.61. The van der Waals surface area contributed by atoms with Crippen LogP contribution in [-0.2, 0) is 4.79 Å². The molecular formula is C21H17N5OS3. The van der Waals surface area contributed by atoms with Gasteiger partial charge in [0.05, 0.1) is 22.4 Å². The minimum Gasteiger partial charge on any atom is -0.277 e. The molecule has 1 aliphatic rings. The number of rotatable bonds is 6. The quantitative estimate of drug-likeness (QED) is 0.393. The highest BCUT2D eigenvalue weighted by Gasteiger charge is 2.34. The van der Waals surface area contributed by atoms with Crippen molar-refractivity contribution in [3.8, 4) is 5.69 Å². The summed E-state index contributed by atoms with van der Waals surface area (Å²) in [4.78, 5) is 15.4. The lowest BCUT2D eigenvalue weighted by molar-refractivity contribution is -0.130. The highest BCUT2D eigenvalue weighted by Crippen LogP contribution is 2.36. The van der Waals surface area contributed by atoms with E-state index in [0.717, 1.165) is 27.6 Å². The molecule has 150 valence electrons. The van der Waals surface area contributed by atoms with Crippen LogP contribution in [0.1, 0.15) is 22.2 Å². The number of thioether (sulfide) groups is 1. The number of aromatic nitrogens is 3. The number of carbonyl (C=O) groups excluding carboxylic acids is 1. The first-order valence-electron chi connectivity index (χ1n) is 9.34. The normalized spacial score (nSPS) is 16.1. The van der Waals surface area contributed by atoms with Gasteiger partial charge in [-0.1, -0.05) is 42.1 Å². The average molecular weight is 452 g/mol. The van der Waals surface area contributed by atoms with Gasteiger partial charge in [0, 0.05) is 17.0 Å². The molecule has 0 spiro atoms. The van der Waals surface area contributed by atoms with E-state index in [1.54, 1.807) is 34.0 Å². The molecule has 1 aliphatic heterocycles. The molecule has 9 heteroatoms. The lowest BCUT2D eigenvalue weighted by Gasteiger charge is -2.20. The molecular weight excluding hydrogens is 434 g/mol. The van der Waals surface area contributed by atoms with Crippen LogP contribution in [0.3, 0.4) is 0 Å². The molecule has 30 heavy (non-hydrogen) atoms. The van der Waals surface area contributed by atoms with Crippen LogP contribution in [0.15, 0.2) is 81.9 Å². The molecule has 0 bridgehead atoms. The van der Waals surface area contributed by atoms with Crippen molar-refractivity contribution in [3.63, 3.8) is 0 Å². The summed E-state index contributed by atoms with van der Waals surface area (Å²) in [5.74, 6) is 0.210. The molecule has 1 amide bonds. The molecule has 1 atom stereocenters. The largest absolute Gasteiger partial charge is 0.277 e. The smallest absolute Gasteiger partial charge is 0.253 e. The number of hydrogen-bond donors (Lipinski definition) is 0. The Balaban J connectivity index is 1.35. The van der Waals surface area contributed by atoms with E-state index in [1.807, 2.05) is 57.8 Å². The van der Waals surface area contributed by atoms with Gasteiger partial charge in [-0.25, -0.2) is 5.01 Å². The van der Waals surface area contributed by atoms with Gasteiger partial charge in [-0.2, -0.15) is 5.10 Å². The van der Waals surface area contributed by atoms with Gasteiger partial charge in [-0.05, 0) is 35.0 Å². The molecule has 4 aromatic rings. The Hall–Kier alpha value is -2.75. The highest BCUT2D eigenvalue weighted by molar-refractivity contribution is 7.99. The number of carbonyl (C=O) groups is 1. The van der Waals surface area contributed by atoms with E-state index in [9.17, 15) is 4.79 Å². The number of para-hydroxylation sites is 1. The minimum absolute atomic E-state index is 0.0347. The molecule has 0 N–H and O–H groups in total. The zero-order valence-corrected chi connectivity index (χ0v) is 18.2. The van der Waals surface area contributed by atoms with Gasteiger partial charge in [0.15, 0.2) is 5.16 Å². The van der Waals surface area contributed by atoms with Gasteiger partial charge in [-0.3, -0.25) is 9.36 Å². The second kappa shape index (κ2) is 8.55. The zero-order chi connectivity index (χ0) is 20.3. The van der Waals surface area contributed by atoms with E-state index in [-0.39, 0.29) is 17.7 Å². The van der Waals surface area contributed by atoms with Crippen molar-refractivity contribution >= 4 is 46.1 Å². The topological polar surface area (TPSA) is 63.4 Å². The molecule has 6 nitrogen and oxygen atoms in total. The van der Waals surface area contributed by atoms with Crippen LogP contribution in [0, 0.1) is 0 Å². The van der Waals surface area contributed by atoms with Crippen molar-refractivity contribution in [2.45, 2.75) is 17.6 Å². The molecule has 1 aromatic carbocycles. The van der Waals surface area contributed by atoms with Crippen LogP contribution >= 0.6 is 34.4 Å². The van der Waals surface area contributed by atoms with E-state index < -0.39 is 0 Å². The zero-order valence-electron chi connectivity index (χ0n) is 15.8. The van der Waals surface area contributed by atoms with E-state index >= 15 is 0 Å². The molecule has 0 radical (unpaired) electrons. The maximum atomic E-state index is 13.2. The van der Waals surface area contributed by atoms with Gasteiger partial charge in [0.2, 0.25) is 0 Å². The number of benzene rings is 1. The van der Waals surface area contributed by atoms with Crippen molar-refractivity contribution in [1.82, 2.24) is 19.8 Å². The van der Waals surface area contributed by atoms with Crippen molar-refractivity contribution in [2.24, 2.45) is 5.10 Å². The summed E-state index contributed by atoms with van der Waals surface area (Å²) in [6.07, 6.45) is 2.40. The summed E-state index contributed by atoms with van der Waals surface area (Å²) in [6, 6.07) is 18.0. The van der Waals surface area contributed by atoms with Crippen LogP contribution < -0.4 is 0 Å². The minimum atomic E-state index is -0.0535. The molecule has 5 rings (SSSR count). The Labute approximate surface area is 185 Å². The van der Waals surface area contributed by atoms with Gasteiger partial charge >= 0.3 is 0 Å². The van der Waals surface area contributed by atoms with E-state index in [0.29, 0.717) is 5.16 Å². The Bertz CT molecular complexity index is 1150. The van der Waals surface area contributed by atoms with Gasteiger partial charge in [0.25, 0.3) is 5.91 Å². The highest BCUT2D eigenvalue weighted by atomic mass is 32.2. The summed E-state index contributed by atoms with van der Waals surface area (Å²) in [7, 11) is 0. The lowest BCUT2D eigenvalue weighted by Crippen LogP contribution is -2.28. The maximum Gasteiger partial charge on any atom is 0.253 e. The summed E-state index contributed by atoms with van der Waals surface area (Å²) in [5, 5.41) is 19.3. The monoisotopic (exact) mass is 451 g/mol. The van der Waals surface area contributed by atoms with Gasteiger partial charge < -0.3 is 0 Å². The number of nitrogens with zero attached hydrogens (tertiary/aromatic N) is 5. The lowest BCUT2D eigenvalue weighted by atomic mass is 10.1. The van der Waals surface area contributed by atoms with Crippen molar-refractivity contribution in [1.29, 1.82) is 0 Å². The van der Waals surface area contributed by atoms with Crippen LogP contribution in [0.4, 0.5) is 0 Å². The van der Waals surface area contributed by atoms with Crippen LogP contribution in [0.2, 0.25) is 0 Å². The number of thiophene rings is 2. The molecule has 0 saturated heterocycles. The predicted octanol–water partition coefficient (Wildman–Crippen LogP) is 4.86. The Morgan fingerprint density at radius 3 is 2.67 bits per heavy atom. The third-order valence-electron chi connectivity index (χ3n) is 4.72. The van der Waals surface area contributed by atoms with Crippen LogP contribution in [0.25, 0.3) is 5.69 Å². The third-order valence-corrected chi connectivity index (χ3v) is 7.54. The van der Waals surface area contributed by atoms with Crippen LogP contribution in [-0.4, -0.2) is 37.1 Å². The van der Waals surface area contributed by atoms with E-state index in [2.05, 4.69) is 22.3 Å². The maximum absolute atomic E-state index is 13.2. The summed E-state index contributed by atoms with van der Waals surface area (Å²) in [6.45, 7) is 0. The Morgan fingerprint density at radius 2 is 1.90 bits per heavy atom. The fourth-order valence-corrected chi connectivity index (χ4v) is 5.63. The molecule has 0 saturated carbocycles. The standard InChI is InChI=1S/C21H17N5OS3/c27-20(13-30-21-23-22-14-25(21)15-6-2-1-3-7-15)26-17(19-9-5-11-29-19)12-16(24-26)18-8-4-10-28-18/h1-11,14,17H,12-13H2. The van der Waals surface area contributed by atoms with Crippen molar-refractivity contribution in [2.75, 3.05) is 5.75 Å². The molecule has 4 heterocycles. The summed E-state index contributed by atoms with van der Waals surface area (Å²) >= 11 is 4.69. The van der Waals surface area contributed by atoms with E-state index in [4.69, 9.17) is 5.10 Å². The molecule has 1 unspecified atom stereocenters. The second-order valence-corrected chi connectivity index (χ2v) is 9.47. The molecule has 0 aliphatic carbocycles. The van der Waals surface area contributed by atoms with Crippen LogP contribution in [0.5, 0.6) is 0 Å². The summed E-state index contributed by atoms with van der Waals surface area (Å²) in [5.41, 5.74) is 1.93. The Morgan fingerprint density at radius 1 is 1.07 bits per heavy atom. The van der Waals surface area contributed by atoms with Crippen molar-refractivity contribution < 1.29 is 4.79 Å². The molecule has 3 aromatic heterocycles. The average Bonchev–Trinajstić information content (AvgIpc) is 3.57. The fraction of sp³-hybridized carbons (Fsp3) is 0.143. The number of hydrazone groups is 1. The summed E-state index contributed by atoms with van der Waals surface area (Å²) < 4.78 is 1.89. The number of hydrogen-bond acceptors (Lipinski definition) is 7. The van der Waals surface area contributed by atoms with Crippen molar-refractivity contribution in [3.05, 3.63) is 81.4 Å². The van der Waals surface area contributed by atoms with Gasteiger partial charge in [0.1, 0.15) is 6.33 Å². The fourth-order valence-electron chi connectivity index (χ4n) is 3.32. The SMILES string of the molecule is O=C(CSc1nncn1-c1ccccc1)N1N=C(c2cccs2)CC1c1cccs1. The van der Waals surface area contributed by atoms with E-state index in [1.165, 1.54) is 11.8 Å². The molecule has 0 fully saturated rings. The predicted molar refractivity (Wildman–Crippen MR) is 121 cm³/mol.